The van der Waals surface area contributed by atoms with Crippen molar-refractivity contribution in [3.05, 3.63) is 58.8 Å². The van der Waals surface area contributed by atoms with E-state index in [0.29, 0.717) is 28.7 Å². The van der Waals surface area contributed by atoms with E-state index in [9.17, 15) is 10.1 Å². The highest BCUT2D eigenvalue weighted by Crippen LogP contribution is 2.28. The van der Waals surface area contributed by atoms with Gasteiger partial charge < -0.3 is 9.73 Å². The number of anilines is 1. The number of aromatic nitrogens is 1. The Bertz CT molecular complexity index is 977. The normalized spacial score (nSPS) is 11.4. The molecule has 3 aromatic rings. The van der Waals surface area contributed by atoms with Crippen LogP contribution in [0, 0.1) is 17.2 Å². The summed E-state index contributed by atoms with van der Waals surface area (Å²) in [5, 5.41) is 14.8. The number of benzene rings is 1. The zero-order chi connectivity index (χ0) is 19.2. The molecule has 0 aliphatic carbocycles. The molecule has 0 atom stereocenters. The summed E-state index contributed by atoms with van der Waals surface area (Å²) < 4.78 is 5.26. The van der Waals surface area contributed by atoms with Gasteiger partial charge in [0.2, 0.25) is 5.91 Å². The van der Waals surface area contributed by atoms with Gasteiger partial charge in [0.05, 0.1) is 17.5 Å². The number of thiazole rings is 1. The molecule has 0 saturated heterocycles. The van der Waals surface area contributed by atoms with Crippen molar-refractivity contribution < 1.29 is 9.21 Å². The summed E-state index contributed by atoms with van der Waals surface area (Å²) in [6, 6.07) is 13.3. The minimum Gasteiger partial charge on any atom is -0.465 e. The number of rotatable bonds is 6. The fourth-order valence-electron chi connectivity index (χ4n) is 2.49. The van der Waals surface area contributed by atoms with E-state index >= 15 is 0 Å². The van der Waals surface area contributed by atoms with Crippen molar-refractivity contribution >= 4 is 34.6 Å². The van der Waals surface area contributed by atoms with Crippen LogP contribution in [0.3, 0.4) is 0 Å². The van der Waals surface area contributed by atoms with E-state index in [4.69, 9.17) is 4.42 Å². The van der Waals surface area contributed by atoms with Crippen molar-refractivity contribution in [2.75, 3.05) is 5.32 Å². The van der Waals surface area contributed by atoms with Gasteiger partial charge in [-0.1, -0.05) is 26.0 Å². The number of nitrogens with one attached hydrogen (secondary N) is 1. The number of carbonyl (C=O) groups excluding carboxylic acids is 1. The van der Waals surface area contributed by atoms with E-state index in [0.717, 1.165) is 16.9 Å². The predicted molar refractivity (Wildman–Crippen MR) is 108 cm³/mol. The van der Waals surface area contributed by atoms with Crippen molar-refractivity contribution in [2.24, 2.45) is 5.92 Å². The molecular formula is C21H19N3O2S. The molecule has 0 radical (unpaired) electrons. The van der Waals surface area contributed by atoms with E-state index in [1.807, 2.05) is 43.5 Å². The fraction of sp³-hybridized carbons (Fsp3) is 0.190. The number of nitriles is 1. The lowest BCUT2D eigenvalue weighted by Gasteiger charge is -2.07. The molecule has 6 heteroatoms. The Morgan fingerprint density at radius 3 is 2.74 bits per heavy atom. The van der Waals surface area contributed by atoms with E-state index < -0.39 is 0 Å². The highest BCUT2D eigenvalue weighted by molar-refractivity contribution is 7.11. The molecule has 1 aromatic carbocycles. The number of carbonyl (C=O) groups is 1. The molecule has 0 unspecified atom stereocenters. The molecule has 136 valence electrons. The highest BCUT2D eigenvalue weighted by atomic mass is 32.1. The first-order valence-electron chi connectivity index (χ1n) is 8.56. The maximum Gasteiger partial charge on any atom is 0.224 e. The fourth-order valence-corrected chi connectivity index (χ4v) is 3.29. The van der Waals surface area contributed by atoms with Gasteiger partial charge in [-0.15, -0.1) is 11.3 Å². The second kappa shape index (κ2) is 8.47. The summed E-state index contributed by atoms with van der Waals surface area (Å²) >= 11 is 1.41. The number of amides is 1. The Labute approximate surface area is 162 Å². The molecule has 5 nitrogen and oxygen atoms in total. The predicted octanol–water partition coefficient (Wildman–Crippen LogP) is 5.45. The van der Waals surface area contributed by atoms with Gasteiger partial charge in [-0.05, 0) is 30.2 Å². The smallest absolute Gasteiger partial charge is 0.224 e. The average Bonchev–Trinajstić information content (AvgIpc) is 3.31. The first-order valence-corrected chi connectivity index (χ1v) is 9.44. The molecular weight excluding hydrogens is 358 g/mol. The van der Waals surface area contributed by atoms with Gasteiger partial charge >= 0.3 is 0 Å². The van der Waals surface area contributed by atoms with Crippen LogP contribution in [0.2, 0.25) is 0 Å². The number of hydrogen-bond acceptors (Lipinski definition) is 5. The van der Waals surface area contributed by atoms with Crippen LogP contribution in [0.15, 0.2) is 52.5 Å². The van der Waals surface area contributed by atoms with Crippen LogP contribution in [-0.2, 0) is 4.79 Å². The van der Waals surface area contributed by atoms with Crippen LogP contribution in [0.4, 0.5) is 5.69 Å². The summed E-state index contributed by atoms with van der Waals surface area (Å²) in [6.07, 6.45) is 3.74. The van der Waals surface area contributed by atoms with Crippen molar-refractivity contribution in [3.8, 4) is 17.3 Å². The third-order valence-electron chi connectivity index (χ3n) is 3.74. The Balaban J connectivity index is 1.74. The van der Waals surface area contributed by atoms with Gasteiger partial charge in [-0.2, -0.15) is 5.26 Å². The van der Waals surface area contributed by atoms with E-state index in [-0.39, 0.29) is 5.91 Å². The lowest BCUT2D eigenvalue weighted by molar-refractivity contribution is -0.116. The van der Waals surface area contributed by atoms with Gasteiger partial charge in [-0.25, -0.2) is 4.98 Å². The Morgan fingerprint density at radius 2 is 2.11 bits per heavy atom. The van der Waals surface area contributed by atoms with Gasteiger partial charge in [-0.3, -0.25) is 4.79 Å². The molecule has 0 aliphatic rings. The quantitative estimate of drug-likeness (QED) is 0.579. The summed E-state index contributed by atoms with van der Waals surface area (Å²) in [4.78, 5) is 16.4. The van der Waals surface area contributed by atoms with Gasteiger partial charge in [0.1, 0.15) is 16.8 Å². The molecule has 0 aliphatic heterocycles. The number of allylic oxidation sites excluding steroid dienone is 1. The molecule has 27 heavy (non-hydrogen) atoms. The summed E-state index contributed by atoms with van der Waals surface area (Å²) in [7, 11) is 0. The van der Waals surface area contributed by atoms with Crippen LogP contribution in [0.5, 0.6) is 0 Å². The molecule has 2 aromatic heterocycles. The Kier molecular flexibility index (Phi) is 5.84. The zero-order valence-corrected chi connectivity index (χ0v) is 15.9. The van der Waals surface area contributed by atoms with Crippen LogP contribution >= 0.6 is 11.3 Å². The molecule has 2 heterocycles. The first-order chi connectivity index (χ1) is 13.0. The monoisotopic (exact) mass is 377 g/mol. The van der Waals surface area contributed by atoms with Gasteiger partial charge in [0, 0.05) is 29.1 Å². The third-order valence-corrected chi connectivity index (χ3v) is 4.62. The van der Waals surface area contributed by atoms with Crippen LogP contribution in [-0.4, -0.2) is 10.9 Å². The Morgan fingerprint density at radius 1 is 1.33 bits per heavy atom. The largest absolute Gasteiger partial charge is 0.465 e. The van der Waals surface area contributed by atoms with Gasteiger partial charge in [0.25, 0.3) is 0 Å². The number of nitrogens with zero attached hydrogens (tertiary/aromatic N) is 2. The Hall–Kier alpha value is -3.17. The highest BCUT2D eigenvalue weighted by Gasteiger charge is 2.10. The topological polar surface area (TPSA) is 78.9 Å². The maximum atomic E-state index is 11.9. The number of hydrogen-bond donors (Lipinski definition) is 1. The van der Waals surface area contributed by atoms with Crippen molar-refractivity contribution in [1.29, 1.82) is 5.26 Å². The third kappa shape index (κ3) is 4.93. The van der Waals surface area contributed by atoms with E-state index in [1.54, 1.807) is 24.5 Å². The molecule has 0 spiro atoms. The second-order valence-electron chi connectivity index (χ2n) is 6.45. The molecule has 0 saturated carbocycles. The van der Waals surface area contributed by atoms with Crippen LogP contribution in [0.1, 0.15) is 31.0 Å². The minimum absolute atomic E-state index is 0.00965. The SMILES string of the molecule is CC(C)CC(=O)Nc1ccc(-c2csc(/C(C#N)=C/c3ccco3)n2)cc1. The summed E-state index contributed by atoms with van der Waals surface area (Å²) in [6.45, 7) is 4.02. The summed E-state index contributed by atoms with van der Waals surface area (Å²) in [5.41, 5.74) is 2.93. The average molecular weight is 377 g/mol. The minimum atomic E-state index is 0.00965. The molecule has 0 fully saturated rings. The lowest BCUT2D eigenvalue weighted by atomic mass is 10.1. The zero-order valence-electron chi connectivity index (χ0n) is 15.1. The van der Waals surface area contributed by atoms with Crippen molar-refractivity contribution in [3.63, 3.8) is 0 Å². The van der Waals surface area contributed by atoms with Crippen molar-refractivity contribution in [2.45, 2.75) is 20.3 Å². The molecule has 1 N–H and O–H groups in total. The molecule has 3 rings (SSSR count). The second-order valence-corrected chi connectivity index (χ2v) is 7.30. The lowest BCUT2D eigenvalue weighted by Crippen LogP contribution is -2.13. The maximum absolute atomic E-state index is 11.9. The van der Waals surface area contributed by atoms with Crippen LogP contribution < -0.4 is 5.32 Å². The summed E-state index contributed by atoms with van der Waals surface area (Å²) in [5.74, 6) is 0.946. The van der Waals surface area contributed by atoms with E-state index in [2.05, 4.69) is 16.4 Å². The van der Waals surface area contributed by atoms with Crippen LogP contribution in [0.25, 0.3) is 22.9 Å². The number of furan rings is 1. The molecule has 1 amide bonds. The van der Waals surface area contributed by atoms with E-state index in [1.165, 1.54) is 11.3 Å². The molecule has 0 bridgehead atoms. The van der Waals surface area contributed by atoms with Crippen molar-refractivity contribution in [1.82, 2.24) is 4.98 Å². The standard InChI is InChI=1S/C21H19N3O2S/c1-14(2)10-20(25)23-17-7-5-15(6-8-17)19-13-27-21(24-19)16(12-22)11-18-4-3-9-26-18/h3-9,11,13-14H,10H2,1-2H3,(H,23,25)/b16-11+. The van der Waals surface area contributed by atoms with Gasteiger partial charge in [0.15, 0.2) is 0 Å². The first kappa shape index (κ1) is 18.6.